The molecule has 156 valence electrons. The molecule has 1 heterocycles. The number of anilines is 1. The molecule has 30 heavy (non-hydrogen) atoms. The number of nitrogens with one attached hydrogen (secondary N) is 1. The Morgan fingerprint density at radius 1 is 1.13 bits per heavy atom. The molecular formula is C19H18FN5O5. The van der Waals surface area contributed by atoms with Crippen molar-refractivity contribution in [3.63, 3.8) is 0 Å². The Morgan fingerprint density at radius 3 is 2.60 bits per heavy atom. The minimum atomic E-state index is -0.580. The summed E-state index contributed by atoms with van der Waals surface area (Å²) in [6, 6.07) is 8.50. The van der Waals surface area contributed by atoms with Crippen LogP contribution >= 0.6 is 0 Å². The standard InChI is InChI=1S/C19H18FN5O5/c1-11-22-23-24-25(11)15-9-13(5-6-14(15)20)21-19(27)12-4-7-16(28-2)17(8-12)30-10-18(26)29-3/h4-9H,10H2,1-3H3,(H,21,27). The summed E-state index contributed by atoms with van der Waals surface area (Å²) >= 11 is 0. The SMILES string of the molecule is COC(=O)COc1cc(C(=O)Nc2ccc(F)c(-n3nnnc3C)c2)ccc1OC. The number of esters is 1. The number of carbonyl (C=O) groups is 2. The van der Waals surface area contributed by atoms with E-state index in [-0.39, 0.29) is 23.6 Å². The van der Waals surface area contributed by atoms with Crippen LogP contribution in [0.4, 0.5) is 10.1 Å². The van der Waals surface area contributed by atoms with E-state index >= 15 is 0 Å². The van der Waals surface area contributed by atoms with Gasteiger partial charge in [0.2, 0.25) is 0 Å². The van der Waals surface area contributed by atoms with Gasteiger partial charge in [0.05, 0.1) is 14.2 Å². The summed E-state index contributed by atoms with van der Waals surface area (Å²) in [7, 11) is 2.67. The van der Waals surface area contributed by atoms with Gasteiger partial charge in [0.1, 0.15) is 11.5 Å². The van der Waals surface area contributed by atoms with E-state index in [9.17, 15) is 14.0 Å². The maximum Gasteiger partial charge on any atom is 0.343 e. The molecule has 0 radical (unpaired) electrons. The molecule has 0 aliphatic rings. The maximum absolute atomic E-state index is 14.2. The number of aromatic nitrogens is 4. The number of hydrogen-bond acceptors (Lipinski definition) is 8. The lowest BCUT2D eigenvalue weighted by molar-refractivity contribution is -0.142. The fraction of sp³-hybridized carbons (Fsp3) is 0.211. The fourth-order valence-electron chi connectivity index (χ4n) is 2.54. The Morgan fingerprint density at radius 2 is 1.93 bits per heavy atom. The van der Waals surface area contributed by atoms with Crippen molar-refractivity contribution < 1.29 is 28.2 Å². The van der Waals surface area contributed by atoms with Crippen LogP contribution in [0.5, 0.6) is 11.5 Å². The van der Waals surface area contributed by atoms with Gasteiger partial charge in [-0.1, -0.05) is 0 Å². The minimum absolute atomic E-state index is 0.0899. The van der Waals surface area contributed by atoms with Crippen LogP contribution in [0.25, 0.3) is 5.69 Å². The first-order valence-electron chi connectivity index (χ1n) is 8.67. The summed E-state index contributed by atoms with van der Waals surface area (Å²) in [5.41, 5.74) is 0.659. The zero-order valence-corrected chi connectivity index (χ0v) is 16.4. The molecule has 0 aliphatic carbocycles. The van der Waals surface area contributed by atoms with Crippen LogP contribution in [-0.2, 0) is 9.53 Å². The molecule has 0 saturated heterocycles. The van der Waals surface area contributed by atoms with Crippen molar-refractivity contribution in [1.29, 1.82) is 0 Å². The van der Waals surface area contributed by atoms with E-state index in [0.29, 0.717) is 17.3 Å². The lowest BCUT2D eigenvalue weighted by Crippen LogP contribution is -2.15. The first-order chi connectivity index (χ1) is 14.4. The molecule has 3 rings (SSSR count). The highest BCUT2D eigenvalue weighted by Gasteiger charge is 2.15. The minimum Gasteiger partial charge on any atom is -0.493 e. The van der Waals surface area contributed by atoms with Gasteiger partial charge in [-0.15, -0.1) is 5.10 Å². The molecule has 0 saturated carbocycles. The Labute approximate surface area is 170 Å². The summed E-state index contributed by atoms with van der Waals surface area (Å²) in [5.74, 6) is -0.685. The first-order valence-corrected chi connectivity index (χ1v) is 8.67. The van der Waals surface area contributed by atoms with E-state index in [1.165, 1.54) is 55.3 Å². The van der Waals surface area contributed by atoms with Crippen molar-refractivity contribution in [2.24, 2.45) is 0 Å². The largest absolute Gasteiger partial charge is 0.493 e. The molecular weight excluding hydrogens is 397 g/mol. The summed E-state index contributed by atoms with van der Waals surface area (Å²) in [6.45, 7) is 1.28. The zero-order chi connectivity index (χ0) is 21.7. The predicted octanol–water partition coefficient (Wildman–Crippen LogP) is 1.92. The highest BCUT2D eigenvalue weighted by atomic mass is 19.1. The second kappa shape index (κ2) is 8.99. The number of ether oxygens (including phenoxy) is 3. The monoisotopic (exact) mass is 415 g/mol. The predicted molar refractivity (Wildman–Crippen MR) is 102 cm³/mol. The molecule has 3 aromatic rings. The van der Waals surface area contributed by atoms with Crippen molar-refractivity contribution in [2.75, 3.05) is 26.1 Å². The van der Waals surface area contributed by atoms with E-state index in [1.807, 2.05) is 0 Å². The molecule has 0 atom stereocenters. The van der Waals surface area contributed by atoms with Gasteiger partial charge in [-0.3, -0.25) is 4.79 Å². The van der Waals surface area contributed by atoms with Gasteiger partial charge < -0.3 is 19.5 Å². The van der Waals surface area contributed by atoms with Crippen LogP contribution in [-0.4, -0.2) is 52.9 Å². The number of rotatable bonds is 7. The van der Waals surface area contributed by atoms with E-state index in [2.05, 4.69) is 25.6 Å². The number of tetrazole rings is 1. The van der Waals surface area contributed by atoms with Gasteiger partial charge in [0.15, 0.2) is 23.9 Å². The Balaban J connectivity index is 1.82. The van der Waals surface area contributed by atoms with Gasteiger partial charge >= 0.3 is 5.97 Å². The van der Waals surface area contributed by atoms with E-state index in [4.69, 9.17) is 9.47 Å². The topological polar surface area (TPSA) is 117 Å². The Bertz CT molecular complexity index is 1080. The molecule has 11 heteroatoms. The molecule has 0 aliphatic heterocycles. The third-order valence-corrected chi connectivity index (χ3v) is 4.06. The summed E-state index contributed by atoms with van der Waals surface area (Å²) in [6.07, 6.45) is 0. The van der Waals surface area contributed by atoms with Crippen LogP contribution in [0.1, 0.15) is 16.2 Å². The number of nitrogens with zero attached hydrogens (tertiary/aromatic N) is 4. The number of carbonyl (C=O) groups excluding carboxylic acids is 2. The quantitative estimate of drug-likeness (QED) is 0.582. The van der Waals surface area contributed by atoms with Crippen LogP contribution < -0.4 is 14.8 Å². The Hall–Kier alpha value is -4.02. The first kappa shape index (κ1) is 20.7. The number of hydrogen-bond donors (Lipinski definition) is 1. The van der Waals surface area contributed by atoms with Gasteiger partial charge in [0.25, 0.3) is 5.91 Å². The van der Waals surface area contributed by atoms with Gasteiger partial charge in [-0.05, 0) is 53.7 Å². The third kappa shape index (κ3) is 4.51. The molecule has 0 unspecified atom stereocenters. The van der Waals surface area contributed by atoms with Crippen LogP contribution in [0.15, 0.2) is 36.4 Å². The van der Waals surface area contributed by atoms with E-state index < -0.39 is 17.7 Å². The molecule has 10 nitrogen and oxygen atoms in total. The van der Waals surface area contributed by atoms with E-state index in [1.54, 1.807) is 6.92 Å². The van der Waals surface area contributed by atoms with Crippen molar-refractivity contribution in [3.05, 3.63) is 53.6 Å². The molecule has 0 spiro atoms. The van der Waals surface area contributed by atoms with Crippen molar-refractivity contribution >= 4 is 17.6 Å². The highest BCUT2D eigenvalue weighted by molar-refractivity contribution is 6.04. The molecule has 0 bridgehead atoms. The fourth-order valence-corrected chi connectivity index (χ4v) is 2.54. The lowest BCUT2D eigenvalue weighted by Gasteiger charge is -2.12. The molecule has 1 N–H and O–H groups in total. The second-order valence-corrected chi connectivity index (χ2v) is 5.99. The maximum atomic E-state index is 14.2. The number of aryl methyl sites for hydroxylation is 1. The van der Waals surface area contributed by atoms with Crippen molar-refractivity contribution in [3.8, 4) is 17.2 Å². The number of amides is 1. The third-order valence-electron chi connectivity index (χ3n) is 4.06. The average Bonchev–Trinajstić information content (AvgIpc) is 3.18. The average molecular weight is 415 g/mol. The summed E-state index contributed by atoms with van der Waals surface area (Å²) < 4.78 is 30.5. The van der Waals surface area contributed by atoms with Crippen LogP contribution in [0.3, 0.4) is 0 Å². The second-order valence-electron chi connectivity index (χ2n) is 5.99. The molecule has 1 amide bonds. The van der Waals surface area contributed by atoms with Crippen molar-refractivity contribution in [1.82, 2.24) is 20.2 Å². The lowest BCUT2D eigenvalue weighted by atomic mass is 10.1. The van der Waals surface area contributed by atoms with Crippen molar-refractivity contribution in [2.45, 2.75) is 6.92 Å². The Kier molecular flexibility index (Phi) is 6.20. The normalized spacial score (nSPS) is 10.4. The summed E-state index contributed by atoms with van der Waals surface area (Å²) in [5, 5.41) is 13.6. The number of halogens is 1. The molecule has 0 fully saturated rings. The molecule has 2 aromatic carbocycles. The number of methoxy groups -OCH3 is 2. The van der Waals surface area contributed by atoms with Gasteiger partial charge in [0, 0.05) is 11.3 Å². The zero-order valence-electron chi connectivity index (χ0n) is 16.4. The highest BCUT2D eigenvalue weighted by Crippen LogP contribution is 2.28. The van der Waals surface area contributed by atoms with Gasteiger partial charge in [-0.2, -0.15) is 4.68 Å². The molecule has 1 aromatic heterocycles. The number of benzene rings is 2. The van der Waals surface area contributed by atoms with Crippen LogP contribution in [0, 0.1) is 12.7 Å². The van der Waals surface area contributed by atoms with E-state index in [0.717, 1.165) is 0 Å². The van der Waals surface area contributed by atoms with Crippen LogP contribution in [0.2, 0.25) is 0 Å². The summed E-state index contributed by atoms with van der Waals surface area (Å²) in [4.78, 5) is 24.0. The smallest absolute Gasteiger partial charge is 0.343 e. The van der Waals surface area contributed by atoms with Gasteiger partial charge in [-0.25, -0.2) is 9.18 Å².